The maximum atomic E-state index is 12.6. The third-order valence-electron chi connectivity index (χ3n) is 5.20. The number of carbonyl (C=O) groups excluding carboxylic acids is 1. The minimum Gasteiger partial charge on any atom is -0.326 e. The molecule has 0 aromatic rings. The predicted octanol–water partition coefficient (Wildman–Crippen LogP) is 1.36. The first kappa shape index (κ1) is 16.3. The van der Waals surface area contributed by atoms with Crippen LogP contribution < -0.4 is 5.32 Å². The van der Waals surface area contributed by atoms with E-state index in [1.807, 2.05) is 7.05 Å². The summed E-state index contributed by atoms with van der Waals surface area (Å²) in [6.45, 7) is 5.42. The molecule has 1 aliphatic carbocycles. The van der Waals surface area contributed by atoms with E-state index in [9.17, 15) is 10.1 Å². The van der Waals surface area contributed by atoms with E-state index in [4.69, 9.17) is 0 Å². The first-order valence-electron chi connectivity index (χ1n) is 8.25. The highest BCUT2D eigenvalue weighted by Gasteiger charge is 2.39. The Morgan fingerprint density at radius 1 is 1.38 bits per heavy atom. The van der Waals surface area contributed by atoms with E-state index in [1.165, 1.54) is 6.42 Å². The Morgan fingerprint density at radius 2 is 2.10 bits per heavy atom. The molecule has 21 heavy (non-hydrogen) atoms. The molecule has 1 saturated carbocycles. The fourth-order valence-electron chi connectivity index (χ4n) is 3.63. The molecule has 1 amide bonds. The summed E-state index contributed by atoms with van der Waals surface area (Å²) >= 11 is 0. The topological polar surface area (TPSA) is 59.4 Å². The third-order valence-corrected chi connectivity index (χ3v) is 5.20. The summed E-state index contributed by atoms with van der Waals surface area (Å²) in [7, 11) is 1.82. The summed E-state index contributed by atoms with van der Waals surface area (Å²) in [4.78, 5) is 16.6. The summed E-state index contributed by atoms with van der Waals surface area (Å²) in [5.74, 6) is 0.0900. The summed E-state index contributed by atoms with van der Waals surface area (Å²) in [5.41, 5.74) is -0.567. The monoisotopic (exact) mass is 292 g/mol. The van der Waals surface area contributed by atoms with Crippen molar-refractivity contribution in [2.75, 3.05) is 33.2 Å². The Labute approximate surface area is 128 Å². The Bertz CT molecular complexity index is 392. The SMILES string of the molecule is CCN(CC(=O)N(C)C1(C#N)CCCCC1)C1CCNC1. The molecule has 0 aromatic carbocycles. The van der Waals surface area contributed by atoms with Crippen molar-refractivity contribution in [1.82, 2.24) is 15.1 Å². The van der Waals surface area contributed by atoms with Gasteiger partial charge in [0.1, 0.15) is 5.54 Å². The normalized spacial score (nSPS) is 24.8. The van der Waals surface area contributed by atoms with Crippen molar-refractivity contribution in [2.24, 2.45) is 0 Å². The van der Waals surface area contributed by atoms with Crippen LogP contribution in [0.5, 0.6) is 0 Å². The Hall–Kier alpha value is -1.12. The van der Waals surface area contributed by atoms with Crippen LogP contribution in [0.25, 0.3) is 0 Å². The second-order valence-electron chi connectivity index (χ2n) is 6.37. The van der Waals surface area contributed by atoms with Crippen LogP contribution in [0.2, 0.25) is 0 Å². The van der Waals surface area contributed by atoms with Crippen molar-refractivity contribution in [3.05, 3.63) is 0 Å². The van der Waals surface area contributed by atoms with Gasteiger partial charge in [-0.1, -0.05) is 26.2 Å². The fourth-order valence-corrected chi connectivity index (χ4v) is 3.63. The van der Waals surface area contributed by atoms with Gasteiger partial charge in [-0.3, -0.25) is 9.69 Å². The lowest BCUT2D eigenvalue weighted by Gasteiger charge is -2.40. The second-order valence-corrected chi connectivity index (χ2v) is 6.37. The zero-order chi connectivity index (χ0) is 15.3. The molecule has 1 aliphatic heterocycles. The molecule has 0 radical (unpaired) electrons. The van der Waals surface area contributed by atoms with Crippen molar-refractivity contribution >= 4 is 5.91 Å². The van der Waals surface area contributed by atoms with Crippen LogP contribution in [0.3, 0.4) is 0 Å². The van der Waals surface area contributed by atoms with Crippen LogP contribution in [0, 0.1) is 11.3 Å². The van der Waals surface area contributed by atoms with Gasteiger partial charge in [-0.15, -0.1) is 0 Å². The van der Waals surface area contributed by atoms with Crippen LogP contribution in [0.1, 0.15) is 45.4 Å². The average Bonchev–Trinajstić information content (AvgIpc) is 3.06. The van der Waals surface area contributed by atoms with Crippen LogP contribution in [0.15, 0.2) is 0 Å². The minimum absolute atomic E-state index is 0.0900. The zero-order valence-corrected chi connectivity index (χ0v) is 13.4. The van der Waals surface area contributed by atoms with E-state index in [1.54, 1.807) is 4.90 Å². The Morgan fingerprint density at radius 3 is 2.62 bits per heavy atom. The molecule has 0 bridgehead atoms. The molecule has 1 atom stereocenters. The molecule has 1 heterocycles. The molecular formula is C16H28N4O. The van der Waals surface area contributed by atoms with Crippen molar-refractivity contribution in [3.63, 3.8) is 0 Å². The summed E-state index contributed by atoms with van der Waals surface area (Å²) in [6.07, 6.45) is 6.03. The Balaban J connectivity index is 1.99. The molecule has 1 saturated heterocycles. The summed E-state index contributed by atoms with van der Waals surface area (Å²) in [5, 5.41) is 12.9. The Kier molecular flexibility index (Phi) is 5.60. The number of rotatable bonds is 5. The van der Waals surface area contributed by atoms with E-state index in [0.717, 1.165) is 51.7 Å². The van der Waals surface area contributed by atoms with Crippen LogP contribution in [-0.2, 0) is 4.79 Å². The number of nitrogens with one attached hydrogen (secondary N) is 1. The largest absolute Gasteiger partial charge is 0.326 e. The molecule has 2 rings (SSSR count). The third kappa shape index (κ3) is 3.56. The van der Waals surface area contributed by atoms with Gasteiger partial charge in [0.15, 0.2) is 0 Å². The summed E-state index contributed by atoms with van der Waals surface area (Å²) < 4.78 is 0. The quantitative estimate of drug-likeness (QED) is 0.831. The number of hydrogen-bond donors (Lipinski definition) is 1. The molecule has 2 aliphatic rings. The highest BCUT2D eigenvalue weighted by atomic mass is 16.2. The first-order valence-corrected chi connectivity index (χ1v) is 8.25. The van der Waals surface area contributed by atoms with Gasteiger partial charge in [-0.25, -0.2) is 0 Å². The molecule has 0 spiro atoms. The predicted molar refractivity (Wildman–Crippen MR) is 82.7 cm³/mol. The fraction of sp³-hybridized carbons (Fsp3) is 0.875. The van der Waals surface area contributed by atoms with E-state index < -0.39 is 5.54 Å². The molecule has 1 unspecified atom stereocenters. The van der Waals surface area contributed by atoms with Gasteiger partial charge in [-0.2, -0.15) is 5.26 Å². The van der Waals surface area contributed by atoms with Crippen LogP contribution in [-0.4, -0.2) is 60.5 Å². The number of hydrogen-bond acceptors (Lipinski definition) is 4. The lowest BCUT2D eigenvalue weighted by molar-refractivity contribution is -0.136. The highest BCUT2D eigenvalue weighted by molar-refractivity contribution is 5.79. The molecule has 0 aromatic heterocycles. The smallest absolute Gasteiger partial charge is 0.237 e. The number of carbonyl (C=O) groups is 1. The van der Waals surface area contributed by atoms with Gasteiger partial charge >= 0.3 is 0 Å². The van der Waals surface area contributed by atoms with Crippen molar-refractivity contribution in [3.8, 4) is 6.07 Å². The van der Waals surface area contributed by atoms with Gasteiger partial charge in [0.05, 0.1) is 12.6 Å². The molecule has 5 nitrogen and oxygen atoms in total. The van der Waals surface area contributed by atoms with Crippen molar-refractivity contribution in [2.45, 2.75) is 57.0 Å². The maximum absolute atomic E-state index is 12.6. The number of nitriles is 1. The molecule has 118 valence electrons. The lowest BCUT2D eigenvalue weighted by Crippen LogP contribution is -2.53. The molecular weight excluding hydrogens is 264 g/mol. The standard InChI is InChI=1S/C16H28N4O/c1-3-20(14-7-10-18-11-14)12-15(21)19(2)16(13-17)8-5-4-6-9-16/h14,18H,3-12H2,1-2H3. The van der Waals surface area contributed by atoms with Crippen molar-refractivity contribution < 1.29 is 4.79 Å². The zero-order valence-electron chi connectivity index (χ0n) is 13.4. The number of nitrogens with zero attached hydrogens (tertiary/aromatic N) is 3. The van der Waals surface area contributed by atoms with Crippen molar-refractivity contribution in [1.29, 1.82) is 5.26 Å². The maximum Gasteiger partial charge on any atom is 0.237 e. The second kappa shape index (κ2) is 7.24. The number of likely N-dealkylation sites (N-methyl/N-ethyl adjacent to an activating group) is 2. The van der Waals surface area contributed by atoms with Crippen LogP contribution >= 0.6 is 0 Å². The van der Waals surface area contributed by atoms with Gasteiger partial charge in [-0.05, 0) is 32.4 Å². The van der Waals surface area contributed by atoms with E-state index in [-0.39, 0.29) is 5.91 Å². The van der Waals surface area contributed by atoms with Gasteiger partial charge in [0.2, 0.25) is 5.91 Å². The highest BCUT2D eigenvalue weighted by Crippen LogP contribution is 2.32. The van der Waals surface area contributed by atoms with Gasteiger partial charge in [0, 0.05) is 19.6 Å². The lowest BCUT2D eigenvalue weighted by atomic mass is 9.81. The van der Waals surface area contributed by atoms with Gasteiger partial charge in [0.25, 0.3) is 0 Å². The van der Waals surface area contributed by atoms with Gasteiger partial charge < -0.3 is 10.2 Å². The average molecular weight is 292 g/mol. The summed E-state index contributed by atoms with van der Waals surface area (Å²) in [6, 6.07) is 2.89. The first-order chi connectivity index (χ1) is 10.1. The number of amides is 1. The van der Waals surface area contributed by atoms with E-state index in [0.29, 0.717) is 12.6 Å². The van der Waals surface area contributed by atoms with Crippen LogP contribution in [0.4, 0.5) is 0 Å². The van der Waals surface area contributed by atoms with E-state index >= 15 is 0 Å². The molecule has 1 N–H and O–H groups in total. The minimum atomic E-state index is -0.567. The molecule has 5 heteroatoms. The molecule has 2 fully saturated rings. The van der Waals surface area contributed by atoms with E-state index in [2.05, 4.69) is 23.2 Å².